The quantitative estimate of drug-likeness (QED) is 0.708. The number of H-pyrrole nitrogens is 1. The molecule has 0 amide bonds. The number of hydrogen-bond acceptors (Lipinski definition) is 6. The van der Waals surface area contributed by atoms with Gasteiger partial charge in [-0.3, -0.25) is 0 Å². The summed E-state index contributed by atoms with van der Waals surface area (Å²) < 4.78 is 5.33. The van der Waals surface area contributed by atoms with Gasteiger partial charge >= 0.3 is 0 Å². The van der Waals surface area contributed by atoms with Gasteiger partial charge in [-0.25, -0.2) is 4.98 Å². The van der Waals surface area contributed by atoms with Crippen LogP contribution in [0, 0.1) is 0 Å². The van der Waals surface area contributed by atoms with Crippen molar-refractivity contribution in [2.24, 2.45) is 0 Å². The fourth-order valence-corrected chi connectivity index (χ4v) is 1.52. The summed E-state index contributed by atoms with van der Waals surface area (Å²) in [5.74, 6) is 0.855. The molecule has 0 saturated carbocycles. The first kappa shape index (κ1) is 11.6. The lowest BCUT2D eigenvalue weighted by Gasteiger charge is -2.14. The normalized spacial score (nSPS) is 12.8. The van der Waals surface area contributed by atoms with E-state index in [1.165, 1.54) is 0 Å². The molecule has 0 aliphatic carbocycles. The molecule has 17 heavy (non-hydrogen) atoms. The molecule has 0 aliphatic rings. The van der Waals surface area contributed by atoms with Crippen molar-refractivity contribution in [3.63, 3.8) is 0 Å². The highest BCUT2D eigenvalue weighted by Crippen LogP contribution is 2.17. The van der Waals surface area contributed by atoms with E-state index in [-0.39, 0.29) is 12.0 Å². The number of aromatic nitrogens is 4. The number of aromatic amines is 1. The third kappa shape index (κ3) is 2.62. The molecule has 7 nitrogen and oxygen atoms in total. The smallest absolute Gasteiger partial charge is 0.224 e. The standard InChI is InChI=1S/C10H16N6O/c1-3-17-4-6(2)14-9-7-8(13-5-12-7)15-10(11)16-9/h5-6H,3-4H2,1-2H3,(H4,11,12,13,14,15,16). The second-order valence-electron chi connectivity index (χ2n) is 3.74. The molecule has 0 aliphatic heterocycles. The van der Waals surface area contributed by atoms with Gasteiger partial charge in [0.15, 0.2) is 11.5 Å². The number of hydrogen-bond donors (Lipinski definition) is 3. The number of imidazole rings is 1. The first-order valence-corrected chi connectivity index (χ1v) is 5.51. The van der Waals surface area contributed by atoms with E-state index in [1.54, 1.807) is 6.33 Å². The predicted octanol–water partition coefficient (Wildman–Crippen LogP) is 0.772. The Hall–Kier alpha value is -1.89. The summed E-state index contributed by atoms with van der Waals surface area (Å²) in [6.45, 7) is 5.27. The van der Waals surface area contributed by atoms with Crippen molar-refractivity contribution in [2.75, 3.05) is 24.3 Å². The molecular weight excluding hydrogens is 220 g/mol. The average molecular weight is 236 g/mol. The fourth-order valence-electron chi connectivity index (χ4n) is 1.52. The van der Waals surface area contributed by atoms with Crippen molar-refractivity contribution in [3.05, 3.63) is 6.33 Å². The predicted molar refractivity (Wildman–Crippen MR) is 65.7 cm³/mol. The summed E-state index contributed by atoms with van der Waals surface area (Å²) in [7, 11) is 0. The van der Waals surface area contributed by atoms with Gasteiger partial charge in [-0.05, 0) is 13.8 Å². The van der Waals surface area contributed by atoms with Gasteiger partial charge in [0.25, 0.3) is 0 Å². The topological polar surface area (TPSA) is 102 Å². The van der Waals surface area contributed by atoms with Crippen LogP contribution in [0.5, 0.6) is 0 Å². The Morgan fingerprint density at radius 3 is 3.12 bits per heavy atom. The third-order valence-corrected chi connectivity index (χ3v) is 2.26. The Kier molecular flexibility index (Phi) is 3.38. The Morgan fingerprint density at radius 2 is 2.35 bits per heavy atom. The maximum Gasteiger partial charge on any atom is 0.224 e. The Labute approximate surface area is 98.8 Å². The van der Waals surface area contributed by atoms with Gasteiger partial charge in [0.05, 0.1) is 12.9 Å². The Morgan fingerprint density at radius 1 is 1.53 bits per heavy atom. The van der Waals surface area contributed by atoms with E-state index in [9.17, 15) is 0 Å². The lowest BCUT2D eigenvalue weighted by atomic mass is 10.3. The van der Waals surface area contributed by atoms with E-state index in [0.717, 1.165) is 5.52 Å². The van der Waals surface area contributed by atoms with Gasteiger partial charge in [-0.15, -0.1) is 0 Å². The van der Waals surface area contributed by atoms with E-state index >= 15 is 0 Å². The summed E-state index contributed by atoms with van der Waals surface area (Å²) in [6, 6.07) is 0.135. The van der Waals surface area contributed by atoms with Gasteiger partial charge in [-0.2, -0.15) is 9.97 Å². The van der Waals surface area contributed by atoms with Crippen LogP contribution >= 0.6 is 0 Å². The summed E-state index contributed by atoms with van der Waals surface area (Å²) in [6.07, 6.45) is 1.57. The molecular formula is C10H16N6O. The monoisotopic (exact) mass is 236 g/mol. The van der Waals surface area contributed by atoms with Crippen LogP contribution in [0.4, 0.5) is 11.8 Å². The van der Waals surface area contributed by atoms with Crippen molar-refractivity contribution < 1.29 is 4.74 Å². The van der Waals surface area contributed by atoms with Crippen molar-refractivity contribution in [1.82, 2.24) is 19.9 Å². The van der Waals surface area contributed by atoms with E-state index in [0.29, 0.717) is 24.7 Å². The highest BCUT2D eigenvalue weighted by atomic mass is 16.5. The van der Waals surface area contributed by atoms with E-state index < -0.39 is 0 Å². The average Bonchev–Trinajstić information content (AvgIpc) is 2.74. The third-order valence-electron chi connectivity index (χ3n) is 2.26. The summed E-state index contributed by atoms with van der Waals surface area (Å²) in [5, 5.41) is 3.22. The molecule has 1 unspecified atom stereocenters. The number of fused-ring (bicyclic) bond motifs is 1. The number of nitrogens with one attached hydrogen (secondary N) is 2. The zero-order valence-electron chi connectivity index (χ0n) is 9.90. The summed E-state index contributed by atoms with van der Waals surface area (Å²) in [5.41, 5.74) is 6.92. The van der Waals surface area contributed by atoms with Crippen molar-refractivity contribution in [1.29, 1.82) is 0 Å². The minimum atomic E-state index is 0.135. The molecule has 7 heteroatoms. The molecule has 2 aromatic heterocycles. The van der Waals surface area contributed by atoms with Crippen molar-refractivity contribution in [3.8, 4) is 0 Å². The maximum absolute atomic E-state index is 5.61. The number of nitrogen functional groups attached to an aromatic ring is 1. The highest BCUT2D eigenvalue weighted by molar-refractivity contribution is 5.83. The second kappa shape index (κ2) is 4.96. The lowest BCUT2D eigenvalue weighted by molar-refractivity contribution is 0.141. The molecule has 0 radical (unpaired) electrons. The zero-order chi connectivity index (χ0) is 12.3. The van der Waals surface area contributed by atoms with Gasteiger partial charge in [0, 0.05) is 12.6 Å². The molecule has 0 aromatic carbocycles. The SMILES string of the molecule is CCOCC(C)Nc1nc(N)nc2nc[nH]c12. The molecule has 0 bridgehead atoms. The van der Waals surface area contributed by atoms with Crippen molar-refractivity contribution >= 4 is 22.9 Å². The first-order valence-electron chi connectivity index (χ1n) is 5.51. The van der Waals surface area contributed by atoms with E-state index in [1.807, 2.05) is 13.8 Å². The maximum atomic E-state index is 5.61. The van der Waals surface area contributed by atoms with E-state index in [2.05, 4.69) is 25.3 Å². The number of anilines is 2. The molecule has 2 heterocycles. The van der Waals surface area contributed by atoms with Crippen molar-refractivity contribution in [2.45, 2.75) is 19.9 Å². The minimum absolute atomic E-state index is 0.135. The molecule has 2 aromatic rings. The van der Waals surface area contributed by atoms with Gasteiger partial charge in [0.1, 0.15) is 5.52 Å². The number of nitrogens with zero attached hydrogens (tertiary/aromatic N) is 3. The molecule has 0 fully saturated rings. The van der Waals surface area contributed by atoms with Crippen LogP contribution in [0.25, 0.3) is 11.2 Å². The highest BCUT2D eigenvalue weighted by Gasteiger charge is 2.10. The van der Waals surface area contributed by atoms with Crippen LogP contribution < -0.4 is 11.1 Å². The largest absolute Gasteiger partial charge is 0.380 e. The van der Waals surface area contributed by atoms with E-state index in [4.69, 9.17) is 10.5 Å². The summed E-state index contributed by atoms with van der Waals surface area (Å²) >= 11 is 0. The molecule has 0 saturated heterocycles. The Bertz CT molecular complexity index is 497. The van der Waals surface area contributed by atoms with Gasteiger partial charge < -0.3 is 20.8 Å². The van der Waals surface area contributed by atoms with Crippen LogP contribution in [0.15, 0.2) is 6.33 Å². The molecule has 92 valence electrons. The van der Waals surface area contributed by atoms with Crippen LogP contribution in [-0.4, -0.2) is 39.2 Å². The Balaban J connectivity index is 2.19. The van der Waals surface area contributed by atoms with Gasteiger partial charge in [0.2, 0.25) is 5.95 Å². The molecule has 4 N–H and O–H groups in total. The molecule has 0 spiro atoms. The second-order valence-corrected chi connectivity index (χ2v) is 3.74. The summed E-state index contributed by atoms with van der Waals surface area (Å²) in [4.78, 5) is 15.2. The lowest BCUT2D eigenvalue weighted by Crippen LogP contribution is -2.22. The number of rotatable bonds is 5. The van der Waals surface area contributed by atoms with Crippen LogP contribution in [0.2, 0.25) is 0 Å². The van der Waals surface area contributed by atoms with Crippen LogP contribution in [-0.2, 0) is 4.74 Å². The van der Waals surface area contributed by atoms with Crippen LogP contribution in [0.3, 0.4) is 0 Å². The molecule has 1 atom stereocenters. The fraction of sp³-hybridized carbons (Fsp3) is 0.500. The first-order chi connectivity index (χ1) is 8.20. The minimum Gasteiger partial charge on any atom is -0.380 e. The number of nitrogens with two attached hydrogens (primary N) is 1. The molecule has 2 rings (SSSR count). The van der Waals surface area contributed by atoms with Crippen LogP contribution in [0.1, 0.15) is 13.8 Å². The zero-order valence-corrected chi connectivity index (χ0v) is 9.90. The number of ether oxygens (including phenoxy) is 1. The van der Waals surface area contributed by atoms with Gasteiger partial charge in [-0.1, -0.05) is 0 Å².